The van der Waals surface area contributed by atoms with Crippen molar-refractivity contribution in [2.75, 3.05) is 39.3 Å². The Hall–Kier alpha value is 0.254. The largest absolute Gasteiger partial charge is 0.679 e. The van der Waals surface area contributed by atoms with Gasteiger partial charge >= 0.3 is 0 Å². The molecule has 0 atom stereocenters. The second-order valence-corrected chi connectivity index (χ2v) is 1.50. The first-order valence-electron chi connectivity index (χ1n) is 3.62. The smallest absolute Gasteiger partial charge is 0 e. The summed E-state index contributed by atoms with van der Waals surface area (Å²) in [5.74, 6) is 0. The molecule has 0 amide bonds. The van der Waals surface area contributed by atoms with Crippen LogP contribution in [0.2, 0.25) is 0 Å². The van der Waals surface area contributed by atoms with Crippen LogP contribution in [0, 0.1) is 0 Å². The molecule has 0 aromatic carbocycles. The molecule has 0 bridgehead atoms. The van der Waals surface area contributed by atoms with Gasteiger partial charge in [0.05, 0.1) is 0 Å². The standard InChI is InChI=1S/3C2H6N2.Ni/c3*3-1-2-4;/h3*3-4H,1-2H2;/q3*-2;. The molecule has 0 heterocycles. The summed E-state index contributed by atoms with van der Waals surface area (Å²) in [5.41, 5.74) is 37.6. The maximum Gasteiger partial charge on any atom is 0 e. The van der Waals surface area contributed by atoms with Crippen LogP contribution >= 0.6 is 0 Å². The summed E-state index contributed by atoms with van der Waals surface area (Å²) in [6, 6.07) is 0. The summed E-state index contributed by atoms with van der Waals surface area (Å²) in [6.45, 7) is 1.42. The van der Waals surface area contributed by atoms with Crippen LogP contribution in [0.5, 0.6) is 0 Å². The van der Waals surface area contributed by atoms with Crippen molar-refractivity contribution >= 4 is 0 Å². The molecule has 6 nitrogen and oxygen atoms in total. The Morgan fingerprint density at radius 2 is 0.462 bits per heavy atom. The van der Waals surface area contributed by atoms with Crippen molar-refractivity contribution in [3.05, 3.63) is 34.4 Å². The molecule has 0 aromatic heterocycles. The molecule has 0 aliphatic rings. The van der Waals surface area contributed by atoms with Gasteiger partial charge in [-0.25, -0.2) is 0 Å². The minimum atomic E-state index is 0. The van der Waals surface area contributed by atoms with E-state index in [0.29, 0.717) is 0 Å². The van der Waals surface area contributed by atoms with Crippen LogP contribution in [0.15, 0.2) is 0 Å². The van der Waals surface area contributed by atoms with Crippen LogP contribution in [-0.4, -0.2) is 39.3 Å². The molecule has 0 radical (unpaired) electrons. The second kappa shape index (κ2) is 39.7. The van der Waals surface area contributed by atoms with E-state index in [1.807, 2.05) is 0 Å². The van der Waals surface area contributed by atoms with Gasteiger partial charge in [0.1, 0.15) is 0 Å². The molecule has 0 aromatic rings. The average Bonchev–Trinajstić information content (AvgIpc) is 2.18. The van der Waals surface area contributed by atoms with Crippen molar-refractivity contribution in [1.29, 1.82) is 0 Å². The molecule has 88 valence electrons. The Morgan fingerprint density at radius 1 is 0.385 bits per heavy atom. The van der Waals surface area contributed by atoms with Gasteiger partial charge < -0.3 is 34.4 Å². The monoisotopic (exact) mass is 232 g/mol. The number of rotatable bonds is 3. The van der Waals surface area contributed by atoms with Crippen molar-refractivity contribution in [1.82, 2.24) is 0 Å². The Balaban J connectivity index is -0.0000000450. The molecule has 0 spiro atoms. The van der Waals surface area contributed by atoms with Gasteiger partial charge in [-0.2, -0.15) is 39.3 Å². The van der Waals surface area contributed by atoms with Gasteiger partial charge in [-0.1, -0.05) is 0 Å². The molecular weight excluding hydrogens is 215 g/mol. The van der Waals surface area contributed by atoms with E-state index in [4.69, 9.17) is 34.4 Å². The zero-order chi connectivity index (χ0) is 10.2. The molecule has 0 unspecified atom stereocenters. The first-order chi connectivity index (χ1) is 5.74. The van der Waals surface area contributed by atoms with E-state index < -0.39 is 0 Å². The van der Waals surface area contributed by atoms with Crippen molar-refractivity contribution in [3.8, 4) is 0 Å². The quantitative estimate of drug-likeness (QED) is 0.658. The van der Waals surface area contributed by atoms with E-state index in [1.54, 1.807) is 0 Å². The first kappa shape index (κ1) is 23.2. The number of nitrogens with one attached hydrogen (secondary N) is 6. The molecule has 0 saturated heterocycles. The fraction of sp³-hybridized carbons (Fsp3) is 1.00. The Kier molecular flexibility index (Phi) is 70.9. The summed E-state index contributed by atoms with van der Waals surface area (Å²) in [7, 11) is 0. The zero-order valence-electron chi connectivity index (χ0n) is 7.56. The van der Waals surface area contributed by atoms with Gasteiger partial charge in [-0.15, -0.1) is 0 Å². The Labute approximate surface area is 90.7 Å². The molecule has 7 heteroatoms. The second-order valence-electron chi connectivity index (χ2n) is 1.50. The predicted octanol–water partition coefficient (Wildman–Crippen LogP) is 3.27. The molecule has 0 rings (SSSR count). The summed E-state index contributed by atoms with van der Waals surface area (Å²) in [6.07, 6.45) is 0. The molecule has 13 heavy (non-hydrogen) atoms. The first-order valence-corrected chi connectivity index (χ1v) is 3.62. The fourth-order valence-electron chi connectivity index (χ4n) is 0. The fourth-order valence-corrected chi connectivity index (χ4v) is 0. The molecule has 6 N–H and O–H groups in total. The molecule has 0 aliphatic carbocycles. The van der Waals surface area contributed by atoms with Gasteiger partial charge in [0.15, 0.2) is 0 Å². The Bertz CT molecular complexity index is 32.6. The SMILES string of the molecule is [NH-]CC[NH-].[NH-]CC[NH-].[NH-]CC[NH-].[Ni]. The normalized spacial score (nSPS) is 6.92. The van der Waals surface area contributed by atoms with Gasteiger partial charge in [0.2, 0.25) is 0 Å². The number of hydrogen-bond donors (Lipinski definition) is 0. The minimum absolute atomic E-state index is 0. The van der Waals surface area contributed by atoms with E-state index in [-0.39, 0.29) is 55.8 Å². The summed E-state index contributed by atoms with van der Waals surface area (Å²) < 4.78 is 0. The molecule has 0 fully saturated rings. The summed E-state index contributed by atoms with van der Waals surface area (Å²) in [5, 5.41) is 0. The third-order valence-electron chi connectivity index (χ3n) is 0.375. The van der Waals surface area contributed by atoms with Crippen LogP contribution < -0.4 is 0 Å². The molecule has 0 saturated carbocycles. The maximum atomic E-state index is 6.26. The van der Waals surface area contributed by atoms with E-state index in [9.17, 15) is 0 Å². The topological polar surface area (TPSA) is 143 Å². The van der Waals surface area contributed by atoms with E-state index in [0.717, 1.165) is 0 Å². The summed E-state index contributed by atoms with van der Waals surface area (Å²) >= 11 is 0. The van der Waals surface area contributed by atoms with Gasteiger partial charge in [-0.05, 0) is 0 Å². The van der Waals surface area contributed by atoms with Crippen molar-refractivity contribution in [2.45, 2.75) is 0 Å². The predicted molar refractivity (Wildman–Crippen MR) is 55.1 cm³/mol. The third kappa shape index (κ3) is 122. The minimum Gasteiger partial charge on any atom is -0.679 e. The number of hydrogen-bond acceptors (Lipinski definition) is 0. The molecule has 0 aliphatic heterocycles. The van der Waals surface area contributed by atoms with E-state index in [2.05, 4.69) is 0 Å². The zero-order valence-corrected chi connectivity index (χ0v) is 8.55. The van der Waals surface area contributed by atoms with Gasteiger partial charge in [0.25, 0.3) is 0 Å². The molecular formula is C6H18N6Ni-6. The average molecular weight is 233 g/mol. The van der Waals surface area contributed by atoms with Crippen molar-refractivity contribution < 1.29 is 16.5 Å². The third-order valence-corrected chi connectivity index (χ3v) is 0.375. The van der Waals surface area contributed by atoms with Crippen LogP contribution in [0.25, 0.3) is 34.4 Å². The maximum absolute atomic E-state index is 6.26. The van der Waals surface area contributed by atoms with Crippen LogP contribution in [0.4, 0.5) is 0 Å². The van der Waals surface area contributed by atoms with Crippen LogP contribution in [0.1, 0.15) is 0 Å². The van der Waals surface area contributed by atoms with Crippen LogP contribution in [-0.2, 0) is 16.5 Å². The summed E-state index contributed by atoms with van der Waals surface area (Å²) in [4.78, 5) is 0. The van der Waals surface area contributed by atoms with Gasteiger partial charge in [0, 0.05) is 16.5 Å². The van der Waals surface area contributed by atoms with Gasteiger partial charge in [-0.3, -0.25) is 0 Å². The van der Waals surface area contributed by atoms with Crippen molar-refractivity contribution in [3.63, 3.8) is 0 Å². The van der Waals surface area contributed by atoms with E-state index in [1.165, 1.54) is 0 Å². The Morgan fingerprint density at radius 3 is 0.462 bits per heavy atom. The van der Waals surface area contributed by atoms with E-state index >= 15 is 0 Å². The van der Waals surface area contributed by atoms with Crippen LogP contribution in [0.3, 0.4) is 0 Å². The van der Waals surface area contributed by atoms with Crippen molar-refractivity contribution in [2.24, 2.45) is 0 Å².